The maximum atomic E-state index is 12.4. The molecule has 0 atom stereocenters. The molecule has 3 rings (SSSR count). The van der Waals surface area contributed by atoms with E-state index in [9.17, 15) is 14.9 Å². The molecule has 0 unspecified atom stereocenters. The van der Waals surface area contributed by atoms with Gasteiger partial charge in [-0.15, -0.1) is 0 Å². The summed E-state index contributed by atoms with van der Waals surface area (Å²) in [6.07, 6.45) is 0.786. The normalized spacial score (nSPS) is 11.2. The summed E-state index contributed by atoms with van der Waals surface area (Å²) in [6.45, 7) is 10.6. The van der Waals surface area contributed by atoms with Gasteiger partial charge in [0.2, 0.25) is 0 Å². The van der Waals surface area contributed by atoms with Gasteiger partial charge in [0.25, 0.3) is 0 Å². The first-order valence-corrected chi connectivity index (χ1v) is 10.8. The summed E-state index contributed by atoms with van der Waals surface area (Å²) in [5, 5.41) is 11.6. The lowest BCUT2D eigenvalue weighted by atomic mass is 9.93. The molecule has 6 nitrogen and oxygen atoms in total. The molecule has 0 aromatic heterocycles. The summed E-state index contributed by atoms with van der Waals surface area (Å²) in [5.74, 6) is 0.226. The third-order valence-electron chi connectivity index (χ3n) is 5.41. The molecule has 0 bridgehead atoms. The number of benzene rings is 3. The van der Waals surface area contributed by atoms with Crippen LogP contribution in [0.3, 0.4) is 0 Å². The van der Waals surface area contributed by atoms with Gasteiger partial charge in [-0.3, -0.25) is 10.1 Å². The van der Waals surface area contributed by atoms with Crippen molar-refractivity contribution < 1.29 is 19.2 Å². The van der Waals surface area contributed by atoms with Crippen molar-refractivity contribution in [1.82, 2.24) is 0 Å². The summed E-state index contributed by atoms with van der Waals surface area (Å²) in [4.78, 5) is 23.6. The summed E-state index contributed by atoms with van der Waals surface area (Å²) >= 11 is 0. The Morgan fingerprint density at radius 1 is 0.909 bits per heavy atom. The maximum Gasteiger partial charge on any atom is 0.343 e. The lowest BCUT2D eigenvalue weighted by Crippen LogP contribution is -2.11. The van der Waals surface area contributed by atoms with Crippen LogP contribution in [0.2, 0.25) is 0 Å². The topological polar surface area (TPSA) is 78.7 Å². The third kappa shape index (κ3) is 6.42. The van der Waals surface area contributed by atoms with Gasteiger partial charge in [0, 0.05) is 6.07 Å². The molecule has 6 heteroatoms. The number of rotatable bonds is 7. The van der Waals surface area contributed by atoms with Gasteiger partial charge in [0.1, 0.15) is 5.75 Å². The van der Waals surface area contributed by atoms with E-state index < -0.39 is 10.9 Å². The van der Waals surface area contributed by atoms with Gasteiger partial charge in [0.15, 0.2) is 5.75 Å². The molecule has 0 saturated carbocycles. The molecule has 3 aromatic rings. The average Bonchev–Trinajstić information content (AvgIpc) is 2.75. The number of aryl methyl sites for hydroxylation is 2. The molecule has 0 amide bonds. The van der Waals surface area contributed by atoms with Crippen molar-refractivity contribution in [3.05, 3.63) is 87.5 Å². The molecular weight excluding hydrogens is 418 g/mol. The number of nitro benzene ring substituents is 1. The van der Waals surface area contributed by atoms with Crippen LogP contribution in [0.5, 0.6) is 11.5 Å². The van der Waals surface area contributed by atoms with Crippen molar-refractivity contribution in [3.8, 4) is 22.6 Å². The molecule has 0 aliphatic rings. The monoisotopic (exact) mass is 447 g/mol. The highest BCUT2D eigenvalue weighted by atomic mass is 16.6. The SMILES string of the molecule is Cc1ccc(C(=O)Oc2ccc(-c3ccc(OCCC(C)(C)C)c([N+](=O)[O-])c3)cc2)cc1C. The van der Waals surface area contributed by atoms with E-state index in [0.717, 1.165) is 23.1 Å². The fourth-order valence-corrected chi connectivity index (χ4v) is 3.18. The highest BCUT2D eigenvalue weighted by molar-refractivity contribution is 5.91. The van der Waals surface area contributed by atoms with Gasteiger partial charge >= 0.3 is 11.7 Å². The molecule has 0 aliphatic carbocycles. The summed E-state index contributed by atoms with van der Waals surface area (Å²) < 4.78 is 11.2. The van der Waals surface area contributed by atoms with Crippen LogP contribution in [0.25, 0.3) is 11.1 Å². The number of hydrogen-bond acceptors (Lipinski definition) is 5. The van der Waals surface area contributed by atoms with Crippen molar-refractivity contribution >= 4 is 11.7 Å². The van der Waals surface area contributed by atoms with Gasteiger partial charge in [-0.1, -0.05) is 45.0 Å². The zero-order valence-electron chi connectivity index (χ0n) is 19.7. The summed E-state index contributed by atoms with van der Waals surface area (Å²) in [7, 11) is 0. The quantitative estimate of drug-likeness (QED) is 0.170. The van der Waals surface area contributed by atoms with E-state index in [1.807, 2.05) is 19.9 Å². The first-order valence-electron chi connectivity index (χ1n) is 10.8. The van der Waals surface area contributed by atoms with Crippen LogP contribution in [0.4, 0.5) is 5.69 Å². The summed E-state index contributed by atoms with van der Waals surface area (Å²) in [5.41, 5.74) is 4.06. The number of nitrogens with zero attached hydrogens (tertiary/aromatic N) is 1. The minimum absolute atomic E-state index is 0.0772. The number of ether oxygens (including phenoxy) is 2. The molecule has 0 heterocycles. The van der Waals surface area contributed by atoms with Crippen LogP contribution in [0, 0.1) is 29.4 Å². The van der Waals surface area contributed by atoms with Crippen molar-refractivity contribution in [2.24, 2.45) is 5.41 Å². The molecular formula is C27H29NO5. The zero-order valence-corrected chi connectivity index (χ0v) is 19.7. The maximum absolute atomic E-state index is 12.4. The second-order valence-electron chi connectivity index (χ2n) is 9.31. The van der Waals surface area contributed by atoms with Gasteiger partial charge in [0.05, 0.1) is 17.1 Å². The minimum atomic E-state index is -0.435. The van der Waals surface area contributed by atoms with Crippen LogP contribution < -0.4 is 9.47 Å². The number of nitro groups is 1. The number of esters is 1. The highest BCUT2D eigenvalue weighted by Crippen LogP contribution is 2.33. The Morgan fingerprint density at radius 2 is 1.58 bits per heavy atom. The molecule has 0 saturated heterocycles. The van der Waals surface area contributed by atoms with Gasteiger partial charge < -0.3 is 9.47 Å². The molecule has 0 fully saturated rings. The Hall–Kier alpha value is -3.67. The Morgan fingerprint density at radius 3 is 2.18 bits per heavy atom. The zero-order chi connectivity index (χ0) is 24.2. The van der Waals surface area contributed by atoms with Crippen LogP contribution in [0.1, 0.15) is 48.7 Å². The smallest absolute Gasteiger partial charge is 0.343 e. The van der Waals surface area contributed by atoms with Crippen molar-refractivity contribution in [1.29, 1.82) is 0 Å². The Kier molecular flexibility index (Phi) is 7.16. The molecule has 0 N–H and O–H groups in total. The van der Waals surface area contributed by atoms with Gasteiger partial charge in [-0.25, -0.2) is 4.79 Å². The largest absolute Gasteiger partial charge is 0.487 e. The molecule has 3 aromatic carbocycles. The van der Waals surface area contributed by atoms with E-state index >= 15 is 0 Å². The average molecular weight is 448 g/mol. The minimum Gasteiger partial charge on any atom is -0.487 e. The van der Waals surface area contributed by atoms with Crippen molar-refractivity contribution in [2.75, 3.05) is 6.61 Å². The highest BCUT2D eigenvalue weighted by Gasteiger charge is 2.18. The number of hydrogen-bond donors (Lipinski definition) is 0. The van der Waals surface area contributed by atoms with E-state index in [4.69, 9.17) is 9.47 Å². The molecule has 172 valence electrons. The van der Waals surface area contributed by atoms with Crippen molar-refractivity contribution in [2.45, 2.75) is 41.0 Å². The standard InChI is InChI=1S/C27H29NO5/c1-18-6-7-22(16-19(18)2)26(29)33-23-11-8-20(9-12-23)21-10-13-25(24(17-21)28(30)31)32-15-14-27(3,4)5/h6-13,16-17H,14-15H2,1-5H3. The second kappa shape index (κ2) is 9.86. The van der Waals surface area contributed by atoms with Crippen LogP contribution in [0.15, 0.2) is 60.7 Å². The number of carbonyl (C=O) groups excluding carboxylic acids is 1. The predicted molar refractivity (Wildman–Crippen MR) is 129 cm³/mol. The predicted octanol–water partition coefficient (Wildman–Crippen LogP) is 6.91. The summed E-state index contributed by atoms with van der Waals surface area (Å²) in [6, 6.07) is 17.2. The Balaban J connectivity index is 1.74. The lowest BCUT2D eigenvalue weighted by Gasteiger charge is -2.18. The molecule has 0 aliphatic heterocycles. The van der Waals surface area contributed by atoms with E-state index in [2.05, 4.69) is 20.8 Å². The van der Waals surface area contributed by atoms with Crippen LogP contribution >= 0.6 is 0 Å². The van der Waals surface area contributed by atoms with Crippen molar-refractivity contribution in [3.63, 3.8) is 0 Å². The fraction of sp³-hybridized carbons (Fsp3) is 0.296. The Bertz CT molecular complexity index is 1160. The molecule has 0 spiro atoms. The first kappa shape index (κ1) is 24.0. The second-order valence-corrected chi connectivity index (χ2v) is 9.31. The van der Waals surface area contributed by atoms with E-state index in [1.165, 1.54) is 6.07 Å². The number of carbonyl (C=O) groups is 1. The van der Waals surface area contributed by atoms with E-state index in [1.54, 1.807) is 48.5 Å². The first-order chi connectivity index (χ1) is 15.5. The van der Waals surface area contributed by atoms with E-state index in [0.29, 0.717) is 23.5 Å². The van der Waals surface area contributed by atoms with Crippen LogP contribution in [-0.4, -0.2) is 17.5 Å². The van der Waals surface area contributed by atoms with Crippen LogP contribution in [-0.2, 0) is 0 Å². The molecule has 33 heavy (non-hydrogen) atoms. The van der Waals surface area contributed by atoms with E-state index in [-0.39, 0.29) is 16.9 Å². The lowest BCUT2D eigenvalue weighted by molar-refractivity contribution is -0.385. The Labute approximate surface area is 194 Å². The fourth-order valence-electron chi connectivity index (χ4n) is 3.18. The van der Waals surface area contributed by atoms with Gasteiger partial charge in [-0.05, 0) is 78.3 Å². The van der Waals surface area contributed by atoms with Gasteiger partial charge in [-0.2, -0.15) is 0 Å². The third-order valence-corrected chi connectivity index (χ3v) is 5.41. The molecule has 0 radical (unpaired) electrons.